The van der Waals surface area contributed by atoms with Gasteiger partial charge in [0, 0.05) is 11.0 Å². The summed E-state index contributed by atoms with van der Waals surface area (Å²) in [6, 6.07) is 7.63. The van der Waals surface area contributed by atoms with E-state index in [0.717, 1.165) is 22.4 Å². The SMILES string of the molecule is CCn1nc(C)cc1COc1ccc(Br)cc1N. The minimum Gasteiger partial charge on any atom is -0.485 e. The number of halogens is 1. The minimum absolute atomic E-state index is 0.473. The normalized spacial score (nSPS) is 10.6. The molecule has 2 aromatic rings. The van der Waals surface area contributed by atoms with Crippen molar-refractivity contribution < 1.29 is 4.74 Å². The molecule has 0 amide bonds. The van der Waals surface area contributed by atoms with Gasteiger partial charge in [-0.15, -0.1) is 0 Å². The van der Waals surface area contributed by atoms with Crippen molar-refractivity contribution in [2.75, 3.05) is 5.73 Å². The molecule has 1 aromatic carbocycles. The van der Waals surface area contributed by atoms with Crippen LogP contribution < -0.4 is 10.5 Å². The Morgan fingerprint density at radius 1 is 1.39 bits per heavy atom. The number of benzene rings is 1. The van der Waals surface area contributed by atoms with Crippen LogP contribution in [0.3, 0.4) is 0 Å². The van der Waals surface area contributed by atoms with Crippen LogP contribution in [0.4, 0.5) is 5.69 Å². The fraction of sp³-hybridized carbons (Fsp3) is 0.308. The molecule has 0 aliphatic heterocycles. The molecule has 96 valence electrons. The smallest absolute Gasteiger partial charge is 0.142 e. The number of nitrogen functional groups attached to an aromatic ring is 1. The fourth-order valence-electron chi connectivity index (χ4n) is 1.79. The van der Waals surface area contributed by atoms with Crippen LogP contribution >= 0.6 is 15.9 Å². The highest BCUT2D eigenvalue weighted by molar-refractivity contribution is 9.10. The van der Waals surface area contributed by atoms with Gasteiger partial charge in [0.05, 0.1) is 17.1 Å². The predicted molar refractivity (Wildman–Crippen MR) is 75.5 cm³/mol. The van der Waals surface area contributed by atoms with E-state index in [2.05, 4.69) is 28.0 Å². The number of rotatable bonds is 4. The number of aryl methyl sites for hydroxylation is 2. The first-order valence-corrected chi connectivity index (χ1v) is 6.60. The molecule has 0 aliphatic carbocycles. The molecule has 0 fully saturated rings. The van der Waals surface area contributed by atoms with Crippen LogP contribution in [0.1, 0.15) is 18.3 Å². The average Bonchev–Trinajstić information content (AvgIpc) is 2.68. The van der Waals surface area contributed by atoms with Crippen LogP contribution in [0, 0.1) is 6.92 Å². The van der Waals surface area contributed by atoms with Crippen molar-refractivity contribution in [1.82, 2.24) is 9.78 Å². The van der Waals surface area contributed by atoms with Crippen LogP contribution in [-0.2, 0) is 13.2 Å². The second kappa shape index (κ2) is 5.44. The van der Waals surface area contributed by atoms with Crippen molar-refractivity contribution in [3.8, 4) is 5.75 Å². The molecule has 0 spiro atoms. The van der Waals surface area contributed by atoms with E-state index in [0.29, 0.717) is 18.0 Å². The summed E-state index contributed by atoms with van der Waals surface area (Å²) in [5.74, 6) is 0.694. The first kappa shape index (κ1) is 13.0. The number of ether oxygens (including phenoxy) is 1. The molecule has 4 nitrogen and oxygen atoms in total. The van der Waals surface area contributed by atoms with Crippen molar-refractivity contribution in [3.05, 3.63) is 40.1 Å². The summed E-state index contributed by atoms with van der Waals surface area (Å²) in [6.07, 6.45) is 0. The van der Waals surface area contributed by atoms with E-state index < -0.39 is 0 Å². The number of anilines is 1. The van der Waals surface area contributed by atoms with Gasteiger partial charge in [0.25, 0.3) is 0 Å². The Kier molecular flexibility index (Phi) is 3.91. The summed E-state index contributed by atoms with van der Waals surface area (Å²) in [7, 11) is 0. The highest BCUT2D eigenvalue weighted by Crippen LogP contribution is 2.26. The van der Waals surface area contributed by atoms with Gasteiger partial charge in [0.15, 0.2) is 0 Å². The van der Waals surface area contributed by atoms with E-state index in [1.165, 1.54) is 0 Å². The first-order chi connectivity index (χ1) is 8.60. The van der Waals surface area contributed by atoms with Gasteiger partial charge in [-0.05, 0) is 38.1 Å². The standard InChI is InChI=1S/C13H16BrN3O/c1-3-17-11(6-9(2)16-17)8-18-13-5-4-10(14)7-12(13)15/h4-7H,3,8,15H2,1-2H3. The zero-order valence-corrected chi connectivity index (χ0v) is 12.1. The van der Waals surface area contributed by atoms with Crippen molar-refractivity contribution in [2.24, 2.45) is 0 Å². The Bertz CT molecular complexity index is 551. The van der Waals surface area contributed by atoms with Gasteiger partial charge in [-0.3, -0.25) is 4.68 Å². The molecule has 1 heterocycles. The van der Waals surface area contributed by atoms with E-state index in [1.807, 2.05) is 35.9 Å². The van der Waals surface area contributed by atoms with Crippen molar-refractivity contribution in [1.29, 1.82) is 0 Å². The van der Waals surface area contributed by atoms with Gasteiger partial charge < -0.3 is 10.5 Å². The monoisotopic (exact) mass is 309 g/mol. The predicted octanol–water partition coefficient (Wildman–Crippen LogP) is 3.14. The summed E-state index contributed by atoms with van der Waals surface area (Å²) < 4.78 is 8.61. The molecule has 2 N–H and O–H groups in total. The van der Waals surface area contributed by atoms with Crippen LogP contribution in [0.25, 0.3) is 0 Å². The molecule has 18 heavy (non-hydrogen) atoms. The summed E-state index contributed by atoms with van der Waals surface area (Å²) in [4.78, 5) is 0. The Labute approximate surface area is 115 Å². The average molecular weight is 310 g/mol. The van der Waals surface area contributed by atoms with Crippen molar-refractivity contribution in [2.45, 2.75) is 27.0 Å². The Balaban J connectivity index is 2.11. The third-order valence-electron chi connectivity index (χ3n) is 2.63. The van der Waals surface area contributed by atoms with Crippen molar-refractivity contribution >= 4 is 21.6 Å². The van der Waals surface area contributed by atoms with Gasteiger partial charge >= 0.3 is 0 Å². The number of hydrogen-bond donors (Lipinski definition) is 1. The lowest BCUT2D eigenvalue weighted by molar-refractivity contribution is 0.294. The molecule has 0 saturated carbocycles. The molecule has 0 radical (unpaired) electrons. The molecule has 1 aromatic heterocycles. The van der Waals surface area contributed by atoms with Crippen molar-refractivity contribution in [3.63, 3.8) is 0 Å². The zero-order chi connectivity index (χ0) is 13.1. The minimum atomic E-state index is 0.473. The maximum atomic E-state index is 5.88. The van der Waals surface area contributed by atoms with Crippen LogP contribution in [0.2, 0.25) is 0 Å². The molecule has 2 rings (SSSR count). The molecule has 0 atom stereocenters. The molecule has 0 bridgehead atoms. The van der Waals surface area contributed by atoms with Gasteiger partial charge in [0.2, 0.25) is 0 Å². The lowest BCUT2D eigenvalue weighted by Crippen LogP contribution is -2.06. The zero-order valence-electron chi connectivity index (χ0n) is 10.5. The summed E-state index contributed by atoms with van der Waals surface area (Å²) in [5, 5.41) is 4.38. The number of nitrogens with zero attached hydrogens (tertiary/aromatic N) is 2. The lowest BCUT2D eigenvalue weighted by atomic mass is 10.3. The third-order valence-corrected chi connectivity index (χ3v) is 3.13. The first-order valence-electron chi connectivity index (χ1n) is 5.81. The van der Waals surface area contributed by atoms with Gasteiger partial charge in [0.1, 0.15) is 12.4 Å². The second-order valence-corrected chi connectivity index (χ2v) is 4.98. The summed E-state index contributed by atoms with van der Waals surface area (Å²) in [6.45, 7) is 5.34. The Morgan fingerprint density at radius 2 is 2.17 bits per heavy atom. The number of aromatic nitrogens is 2. The van der Waals surface area contributed by atoms with E-state index in [1.54, 1.807) is 0 Å². The van der Waals surface area contributed by atoms with E-state index >= 15 is 0 Å². The summed E-state index contributed by atoms with van der Waals surface area (Å²) in [5.41, 5.74) is 8.56. The highest BCUT2D eigenvalue weighted by Gasteiger charge is 2.06. The molecule has 5 heteroatoms. The molecule has 0 unspecified atom stereocenters. The topological polar surface area (TPSA) is 53.1 Å². The van der Waals surface area contributed by atoms with Crippen LogP contribution in [0.5, 0.6) is 5.75 Å². The maximum absolute atomic E-state index is 5.88. The van der Waals surface area contributed by atoms with Gasteiger partial charge in [-0.25, -0.2) is 0 Å². The summed E-state index contributed by atoms with van der Waals surface area (Å²) >= 11 is 3.37. The number of hydrogen-bond acceptors (Lipinski definition) is 3. The Morgan fingerprint density at radius 3 is 2.83 bits per heavy atom. The Hall–Kier alpha value is -1.49. The highest BCUT2D eigenvalue weighted by atomic mass is 79.9. The van der Waals surface area contributed by atoms with Crippen LogP contribution in [0.15, 0.2) is 28.7 Å². The molecular formula is C13H16BrN3O. The van der Waals surface area contributed by atoms with E-state index in [4.69, 9.17) is 10.5 Å². The second-order valence-electron chi connectivity index (χ2n) is 4.06. The quantitative estimate of drug-likeness (QED) is 0.883. The van der Waals surface area contributed by atoms with E-state index in [-0.39, 0.29) is 0 Å². The fourth-order valence-corrected chi connectivity index (χ4v) is 2.17. The van der Waals surface area contributed by atoms with Gasteiger partial charge in [-0.1, -0.05) is 15.9 Å². The largest absolute Gasteiger partial charge is 0.485 e. The molecular weight excluding hydrogens is 294 g/mol. The maximum Gasteiger partial charge on any atom is 0.142 e. The van der Waals surface area contributed by atoms with Crippen LogP contribution in [-0.4, -0.2) is 9.78 Å². The molecule has 0 aliphatic rings. The molecule has 0 saturated heterocycles. The third kappa shape index (κ3) is 2.85. The number of nitrogens with two attached hydrogens (primary N) is 1. The van der Waals surface area contributed by atoms with E-state index in [9.17, 15) is 0 Å². The van der Waals surface area contributed by atoms with Gasteiger partial charge in [-0.2, -0.15) is 5.10 Å². The lowest BCUT2D eigenvalue weighted by Gasteiger charge is -2.10.